The summed E-state index contributed by atoms with van der Waals surface area (Å²) in [6.45, 7) is 6.60. The number of rotatable bonds is 5. The number of aliphatic hydroxyl groups is 1. The fourth-order valence-electron chi connectivity index (χ4n) is 3.76. The minimum Gasteiger partial charge on any atom is -0.396 e. The summed E-state index contributed by atoms with van der Waals surface area (Å²) >= 11 is 0. The molecule has 3 aliphatic rings. The summed E-state index contributed by atoms with van der Waals surface area (Å²) in [5.74, 6) is 2.21. The number of aromatic nitrogens is 2. The number of anilines is 4. The van der Waals surface area contributed by atoms with Crippen molar-refractivity contribution >= 4 is 23.3 Å². The Labute approximate surface area is 147 Å². The molecule has 136 valence electrons. The van der Waals surface area contributed by atoms with Gasteiger partial charge < -0.3 is 30.7 Å². The van der Waals surface area contributed by atoms with Gasteiger partial charge in [-0.1, -0.05) is 12.2 Å². The molecule has 0 aromatic carbocycles. The molecule has 0 saturated carbocycles. The normalized spacial score (nSPS) is 25.4. The van der Waals surface area contributed by atoms with E-state index < -0.39 is 0 Å². The van der Waals surface area contributed by atoms with E-state index in [4.69, 9.17) is 10.5 Å². The van der Waals surface area contributed by atoms with E-state index >= 15 is 0 Å². The van der Waals surface area contributed by atoms with Crippen molar-refractivity contribution in [3.8, 4) is 0 Å². The van der Waals surface area contributed by atoms with Gasteiger partial charge in [-0.3, -0.25) is 0 Å². The van der Waals surface area contributed by atoms with Crippen LogP contribution in [0.25, 0.3) is 0 Å². The van der Waals surface area contributed by atoms with Crippen LogP contribution in [0.2, 0.25) is 0 Å². The fourth-order valence-corrected chi connectivity index (χ4v) is 3.76. The zero-order valence-electron chi connectivity index (χ0n) is 14.7. The molecule has 2 aliphatic heterocycles. The first kappa shape index (κ1) is 16.4. The first-order valence-electron chi connectivity index (χ1n) is 8.92. The second-order valence-corrected chi connectivity index (χ2v) is 7.25. The van der Waals surface area contributed by atoms with Crippen molar-refractivity contribution < 1.29 is 9.84 Å². The maximum absolute atomic E-state index is 9.36. The van der Waals surface area contributed by atoms with E-state index in [0.29, 0.717) is 6.67 Å². The number of aliphatic hydroxyl groups excluding tert-OH is 1. The highest BCUT2D eigenvalue weighted by atomic mass is 16.5. The van der Waals surface area contributed by atoms with Gasteiger partial charge in [0.2, 0.25) is 5.95 Å². The number of ether oxygens (including phenoxy) is 1. The number of hydrogen-bond donors (Lipinski definition) is 3. The SMILES string of the molecule is CC(C)OC1CN(c2nc(N)nc3c2NCN3[C@H]2C=C[C@@H](CO)C2)C1. The van der Waals surface area contributed by atoms with Crippen LogP contribution in [0.15, 0.2) is 12.2 Å². The van der Waals surface area contributed by atoms with Crippen molar-refractivity contribution in [2.45, 2.75) is 38.5 Å². The van der Waals surface area contributed by atoms with Gasteiger partial charge in [-0.05, 0) is 20.3 Å². The van der Waals surface area contributed by atoms with Crippen molar-refractivity contribution in [1.82, 2.24) is 9.97 Å². The lowest BCUT2D eigenvalue weighted by Gasteiger charge is -2.41. The molecule has 1 aromatic heterocycles. The van der Waals surface area contributed by atoms with Crippen molar-refractivity contribution in [3.63, 3.8) is 0 Å². The highest BCUT2D eigenvalue weighted by Crippen LogP contribution is 2.41. The number of hydrogen-bond acceptors (Lipinski definition) is 8. The largest absolute Gasteiger partial charge is 0.396 e. The van der Waals surface area contributed by atoms with Crippen LogP contribution in [-0.2, 0) is 4.74 Å². The quantitative estimate of drug-likeness (QED) is 0.673. The van der Waals surface area contributed by atoms with Gasteiger partial charge in [0.15, 0.2) is 11.6 Å². The lowest BCUT2D eigenvalue weighted by molar-refractivity contribution is -0.00740. The lowest BCUT2D eigenvalue weighted by Crippen LogP contribution is -2.53. The molecule has 25 heavy (non-hydrogen) atoms. The molecule has 3 heterocycles. The van der Waals surface area contributed by atoms with Crippen molar-refractivity contribution in [3.05, 3.63) is 12.2 Å². The molecular weight excluding hydrogens is 320 g/mol. The molecule has 0 unspecified atom stereocenters. The predicted molar refractivity (Wildman–Crippen MR) is 97.8 cm³/mol. The predicted octanol–water partition coefficient (Wildman–Crippen LogP) is 0.799. The molecule has 1 aromatic rings. The van der Waals surface area contributed by atoms with Gasteiger partial charge in [0, 0.05) is 25.6 Å². The molecule has 8 heteroatoms. The third-order valence-electron chi connectivity index (χ3n) is 4.98. The van der Waals surface area contributed by atoms with E-state index in [9.17, 15) is 5.11 Å². The zero-order chi connectivity index (χ0) is 17.6. The summed E-state index contributed by atoms with van der Waals surface area (Å²) in [5, 5.41) is 12.8. The van der Waals surface area contributed by atoms with Gasteiger partial charge in [0.05, 0.1) is 24.9 Å². The number of nitrogens with two attached hydrogens (primary N) is 1. The number of nitrogens with zero attached hydrogens (tertiary/aromatic N) is 4. The Balaban J connectivity index is 1.53. The highest BCUT2D eigenvalue weighted by molar-refractivity contribution is 5.84. The van der Waals surface area contributed by atoms with Crippen LogP contribution in [0, 0.1) is 5.92 Å². The molecule has 1 saturated heterocycles. The van der Waals surface area contributed by atoms with Crippen LogP contribution in [0.1, 0.15) is 20.3 Å². The molecule has 2 atom stereocenters. The number of nitrogens with one attached hydrogen (secondary N) is 1. The first-order chi connectivity index (χ1) is 12.0. The molecule has 0 radical (unpaired) electrons. The molecule has 8 nitrogen and oxygen atoms in total. The number of nitrogen functional groups attached to an aromatic ring is 1. The average molecular weight is 346 g/mol. The van der Waals surface area contributed by atoms with Crippen molar-refractivity contribution in [2.75, 3.05) is 47.2 Å². The van der Waals surface area contributed by atoms with Gasteiger partial charge in [-0.25, -0.2) is 0 Å². The molecule has 0 spiro atoms. The van der Waals surface area contributed by atoms with Gasteiger partial charge in [-0.15, -0.1) is 0 Å². The summed E-state index contributed by atoms with van der Waals surface area (Å²) in [6.07, 6.45) is 5.59. The van der Waals surface area contributed by atoms with E-state index in [0.717, 1.165) is 36.8 Å². The summed E-state index contributed by atoms with van der Waals surface area (Å²) < 4.78 is 5.83. The van der Waals surface area contributed by atoms with Gasteiger partial charge in [0.1, 0.15) is 5.69 Å². The van der Waals surface area contributed by atoms with E-state index in [2.05, 4.69) is 51.1 Å². The van der Waals surface area contributed by atoms with Crippen LogP contribution >= 0.6 is 0 Å². The van der Waals surface area contributed by atoms with Crippen LogP contribution in [-0.4, -0.2) is 59.7 Å². The maximum Gasteiger partial charge on any atom is 0.224 e. The standard InChI is InChI=1S/C17H26N6O2/c1-10(2)25-13-6-22(7-13)15-14-16(21-17(18)20-15)23(9-19-14)12-4-3-11(5-12)8-24/h3-4,10-13,19,24H,5-9H2,1-2H3,(H2,18,20,21)/t11-,12+/m1/s1. The molecule has 1 aliphatic carbocycles. The highest BCUT2D eigenvalue weighted by Gasteiger charge is 2.37. The van der Waals surface area contributed by atoms with E-state index in [1.54, 1.807) is 0 Å². The Kier molecular flexibility index (Phi) is 4.16. The second-order valence-electron chi connectivity index (χ2n) is 7.25. The Bertz CT molecular complexity index is 673. The molecule has 1 fully saturated rings. The van der Waals surface area contributed by atoms with Crippen LogP contribution in [0.4, 0.5) is 23.3 Å². The fraction of sp³-hybridized carbons (Fsp3) is 0.647. The Morgan fingerprint density at radius 1 is 1.32 bits per heavy atom. The van der Waals surface area contributed by atoms with Gasteiger partial charge in [-0.2, -0.15) is 9.97 Å². The topological polar surface area (TPSA) is 99.8 Å². The van der Waals surface area contributed by atoms with E-state index in [-0.39, 0.29) is 36.7 Å². The van der Waals surface area contributed by atoms with E-state index in [1.165, 1.54) is 0 Å². The van der Waals surface area contributed by atoms with Crippen LogP contribution in [0.3, 0.4) is 0 Å². The summed E-state index contributed by atoms with van der Waals surface area (Å²) in [5.41, 5.74) is 6.93. The van der Waals surface area contributed by atoms with Crippen LogP contribution < -0.4 is 20.9 Å². The smallest absolute Gasteiger partial charge is 0.224 e. The molecule has 4 rings (SSSR count). The third-order valence-corrected chi connectivity index (χ3v) is 4.98. The summed E-state index contributed by atoms with van der Waals surface area (Å²) in [7, 11) is 0. The molecular formula is C17H26N6O2. The first-order valence-corrected chi connectivity index (χ1v) is 8.92. The lowest BCUT2D eigenvalue weighted by atomic mass is 10.1. The average Bonchev–Trinajstić information content (AvgIpc) is 3.15. The van der Waals surface area contributed by atoms with Crippen LogP contribution in [0.5, 0.6) is 0 Å². The molecule has 0 bridgehead atoms. The molecule has 0 amide bonds. The van der Waals surface area contributed by atoms with Gasteiger partial charge in [0.25, 0.3) is 0 Å². The summed E-state index contributed by atoms with van der Waals surface area (Å²) in [4.78, 5) is 13.3. The van der Waals surface area contributed by atoms with Gasteiger partial charge >= 0.3 is 0 Å². The minimum absolute atomic E-state index is 0.184. The monoisotopic (exact) mass is 346 g/mol. The number of fused-ring (bicyclic) bond motifs is 1. The van der Waals surface area contributed by atoms with Crippen molar-refractivity contribution in [1.29, 1.82) is 0 Å². The Hall–Kier alpha value is -2.06. The zero-order valence-corrected chi connectivity index (χ0v) is 14.7. The van der Waals surface area contributed by atoms with E-state index in [1.807, 2.05) is 0 Å². The van der Waals surface area contributed by atoms with Crippen molar-refractivity contribution in [2.24, 2.45) is 5.92 Å². The maximum atomic E-state index is 9.36. The second kappa shape index (κ2) is 6.34. The molecule has 4 N–H and O–H groups in total. The Morgan fingerprint density at radius 3 is 2.76 bits per heavy atom. The minimum atomic E-state index is 0.184. The summed E-state index contributed by atoms with van der Waals surface area (Å²) in [6, 6.07) is 0.224. The Morgan fingerprint density at radius 2 is 2.08 bits per heavy atom. The third kappa shape index (κ3) is 3.00.